The first-order valence-electron chi connectivity index (χ1n) is 6.55. The van der Waals surface area contributed by atoms with Crippen LogP contribution < -0.4 is 0 Å². The fourth-order valence-corrected chi connectivity index (χ4v) is 3.36. The third kappa shape index (κ3) is 4.08. The Morgan fingerprint density at radius 2 is 2.29 bits per heavy atom. The van der Waals surface area contributed by atoms with Gasteiger partial charge in [-0.15, -0.1) is 0 Å². The first-order valence-corrected chi connectivity index (χ1v) is 9.20. The number of thioether (sulfide) groups is 2. The van der Waals surface area contributed by atoms with E-state index >= 15 is 0 Å². The summed E-state index contributed by atoms with van der Waals surface area (Å²) >= 11 is 9.34. The van der Waals surface area contributed by atoms with E-state index in [-0.39, 0.29) is 5.75 Å². The molecule has 1 heterocycles. The second-order valence-corrected chi connectivity index (χ2v) is 7.30. The summed E-state index contributed by atoms with van der Waals surface area (Å²) in [4.78, 5) is 15.3. The number of aryl methyl sites for hydroxylation is 1. The topological polar surface area (TPSA) is 55.1 Å². The highest BCUT2D eigenvalue weighted by molar-refractivity contribution is 7.99. The smallest absolute Gasteiger partial charge is 0.313 e. The monoisotopic (exact) mass is 344 g/mol. The summed E-state index contributed by atoms with van der Waals surface area (Å²) < 4.78 is 2.04. The first kappa shape index (κ1) is 16.5. The lowest BCUT2D eigenvalue weighted by molar-refractivity contribution is -0.133. The van der Waals surface area contributed by atoms with Gasteiger partial charge < -0.3 is 9.67 Å². The zero-order chi connectivity index (χ0) is 15.4. The molecule has 1 aromatic heterocycles. The molecule has 0 amide bonds. The van der Waals surface area contributed by atoms with Crippen molar-refractivity contribution >= 4 is 52.1 Å². The molecule has 1 aromatic carbocycles. The van der Waals surface area contributed by atoms with E-state index in [1.54, 1.807) is 0 Å². The Morgan fingerprint density at radius 3 is 2.95 bits per heavy atom. The van der Waals surface area contributed by atoms with Crippen molar-refractivity contribution in [3.05, 3.63) is 23.2 Å². The Bertz CT molecular complexity index is 645. The fraction of sp³-hybridized carbons (Fsp3) is 0.429. The quantitative estimate of drug-likeness (QED) is 0.769. The van der Waals surface area contributed by atoms with Gasteiger partial charge in [0.25, 0.3) is 0 Å². The summed E-state index contributed by atoms with van der Waals surface area (Å²) in [6, 6.07) is 5.60. The van der Waals surface area contributed by atoms with Gasteiger partial charge in [0.1, 0.15) is 0 Å². The number of hydrogen-bond acceptors (Lipinski definition) is 4. The second kappa shape index (κ2) is 7.42. The Labute approximate surface area is 137 Å². The van der Waals surface area contributed by atoms with E-state index in [4.69, 9.17) is 16.7 Å². The maximum atomic E-state index is 10.8. The number of benzene rings is 1. The number of carboxylic acid groups (broad SMARTS) is 1. The fourth-order valence-electron chi connectivity index (χ4n) is 1.99. The van der Waals surface area contributed by atoms with Gasteiger partial charge in [-0.25, -0.2) is 4.98 Å². The summed E-state index contributed by atoms with van der Waals surface area (Å²) in [5.74, 6) is -0.846. The van der Waals surface area contributed by atoms with Crippen LogP contribution in [0.5, 0.6) is 0 Å². The van der Waals surface area contributed by atoms with Gasteiger partial charge in [0.15, 0.2) is 5.16 Å². The molecule has 0 aliphatic carbocycles. The minimum absolute atomic E-state index is 0.000970. The number of aromatic nitrogens is 2. The number of imidazole rings is 1. The predicted molar refractivity (Wildman–Crippen MR) is 90.7 cm³/mol. The van der Waals surface area contributed by atoms with Crippen LogP contribution in [0.2, 0.25) is 5.02 Å². The number of halogens is 1. The second-order valence-electron chi connectivity index (χ2n) is 4.67. The minimum atomic E-state index is -0.845. The van der Waals surface area contributed by atoms with E-state index in [1.165, 1.54) is 11.8 Å². The molecule has 21 heavy (non-hydrogen) atoms. The minimum Gasteiger partial charge on any atom is -0.481 e. The van der Waals surface area contributed by atoms with Gasteiger partial charge >= 0.3 is 5.97 Å². The normalized spacial score (nSPS) is 12.7. The predicted octanol–water partition coefficient (Wildman–Crippen LogP) is 4.01. The molecule has 1 unspecified atom stereocenters. The van der Waals surface area contributed by atoms with E-state index in [0.29, 0.717) is 15.4 Å². The van der Waals surface area contributed by atoms with Crippen molar-refractivity contribution in [1.29, 1.82) is 0 Å². The lowest BCUT2D eigenvalue weighted by Crippen LogP contribution is -2.07. The molecule has 2 rings (SSSR count). The number of aliphatic carboxylic acids is 1. The van der Waals surface area contributed by atoms with Gasteiger partial charge in [-0.1, -0.05) is 36.4 Å². The van der Waals surface area contributed by atoms with Crippen LogP contribution in [0.1, 0.15) is 13.3 Å². The molecule has 114 valence electrons. The SMILES string of the molecule is CSC(C)CCn1c(SCC(=O)O)nc2cccc(Cl)c21. The summed E-state index contributed by atoms with van der Waals surface area (Å²) in [6.45, 7) is 2.96. The van der Waals surface area contributed by atoms with Crippen LogP contribution in [0, 0.1) is 0 Å². The summed E-state index contributed by atoms with van der Waals surface area (Å²) in [5.41, 5.74) is 1.70. The largest absolute Gasteiger partial charge is 0.481 e. The van der Waals surface area contributed by atoms with Gasteiger partial charge in [0, 0.05) is 11.8 Å². The van der Waals surface area contributed by atoms with E-state index in [2.05, 4.69) is 18.2 Å². The third-order valence-corrected chi connectivity index (χ3v) is 5.48. The van der Waals surface area contributed by atoms with Gasteiger partial charge in [-0.05, 0) is 24.8 Å². The number of hydrogen-bond donors (Lipinski definition) is 1. The molecule has 1 atom stereocenters. The van der Waals surface area contributed by atoms with Gasteiger partial charge in [-0.2, -0.15) is 11.8 Å². The molecular weight excluding hydrogens is 328 g/mol. The van der Waals surface area contributed by atoms with E-state index < -0.39 is 5.97 Å². The Morgan fingerprint density at radius 1 is 1.52 bits per heavy atom. The molecule has 0 saturated carbocycles. The Kier molecular flexibility index (Phi) is 5.84. The van der Waals surface area contributed by atoms with Crippen molar-refractivity contribution in [2.75, 3.05) is 12.0 Å². The average molecular weight is 345 g/mol. The number of fused-ring (bicyclic) bond motifs is 1. The zero-order valence-corrected chi connectivity index (χ0v) is 14.3. The lowest BCUT2D eigenvalue weighted by atomic mass is 10.3. The molecule has 0 saturated heterocycles. The molecule has 0 spiro atoms. The van der Waals surface area contributed by atoms with Crippen molar-refractivity contribution < 1.29 is 9.90 Å². The molecule has 0 radical (unpaired) electrons. The van der Waals surface area contributed by atoms with Crippen molar-refractivity contribution in [3.63, 3.8) is 0 Å². The maximum Gasteiger partial charge on any atom is 0.313 e. The molecule has 0 fully saturated rings. The van der Waals surface area contributed by atoms with E-state index in [9.17, 15) is 4.79 Å². The van der Waals surface area contributed by atoms with Crippen LogP contribution >= 0.6 is 35.1 Å². The molecule has 2 aromatic rings. The highest BCUT2D eigenvalue weighted by atomic mass is 35.5. The summed E-state index contributed by atoms with van der Waals surface area (Å²) in [5, 5.41) is 10.8. The van der Waals surface area contributed by atoms with Gasteiger partial charge in [0.2, 0.25) is 0 Å². The number of rotatable bonds is 7. The standard InChI is InChI=1S/C14H17ClN2O2S2/c1-9(20-2)6-7-17-13-10(15)4-3-5-11(13)16-14(17)21-8-12(18)19/h3-5,9H,6-8H2,1-2H3,(H,18,19). The van der Waals surface area contributed by atoms with Crippen molar-refractivity contribution in [1.82, 2.24) is 9.55 Å². The highest BCUT2D eigenvalue weighted by Crippen LogP contribution is 2.30. The summed E-state index contributed by atoms with van der Waals surface area (Å²) in [6.07, 6.45) is 3.07. The molecule has 4 nitrogen and oxygen atoms in total. The zero-order valence-electron chi connectivity index (χ0n) is 11.9. The van der Waals surface area contributed by atoms with Gasteiger partial charge in [0.05, 0.1) is 21.8 Å². The third-order valence-electron chi connectivity index (χ3n) is 3.17. The van der Waals surface area contributed by atoms with Crippen LogP contribution in [0.4, 0.5) is 0 Å². The summed E-state index contributed by atoms with van der Waals surface area (Å²) in [7, 11) is 0. The first-order chi connectivity index (χ1) is 10.0. The average Bonchev–Trinajstić information content (AvgIpc) is 2.81. The molecule has 0 aliphatic rings. The van der Waals surface area contributed by atoms with Gasteiger partial charge in [-0.3, -0.25) is 4.79 Å². The number of carboxylic acids is 1. The van der Waals surface area contributed by atoms with Crippen LogP contribution in [0.25, 0.3) is 11.0 Å². The van der Waals surface area contributed by atoms with Crippen molar-refractivity contribution in [2.45, 2.75) is 30.3 Å². The van der Waals surface area contributed by atoms with Crippen molar-refractivity contribution in [2.24, 2.45) is 0 Å². The number of nitrogens with zero attached hydrogens (tertiary/aromatic N) is 2. The van der Waals surface area contributed by atoms with E-state index in [1.807, 2.05) is 34.5 Å². The number of para-hydroxylation sites is 1. The molecule has 0 bridgehead atoms. The Hall–Kier alpha value is -0.850. The Balaban J connectivity index is 2.36. The van der Waals surface area contributed by atoms with Crippen LogP contribution in [-0.4, -0.2) is 37.9 Å². The highest BCUT2D eigenvalue weighted by Gasteiger charge is 2.15. The molecule has 7 heteroatoms. The van der Waals surface area contributed by atoms with Crippen LogP contribution in [0.15, 0.2) is 23.4 Å². The van der Waals surface area contributed by atoms with Crippen LogP contribution in [-0.2, 0) is 11.3 Å². The van der Waals surface area contributed by atoms with E-state index in [0.717, 1.165) is 24.0 Å². The molecule has 1 N–H and O–H groups in total. The van der Waals surface area contributed by atoms with Crippen LogP contribution in [0.3, 0.4) is 0 Å². The van der Waals surface area contributed by atoms with Crippen molar-refractivity contribution in [3.8, 4) is 0 Å². The molecular formula is C14H17ClN2O2S2. The maximum absolute atomic E-state index is 10.8. The lowest BCUT2D eigenvalue weighted by Gasteiger charge is -2.12. The molecule has 0 aliphatic heterocycles. The number of carbonyl (C=O) groups is 1.